The lowest BCUT2D eigenvalue weighted by atomic mass is 10.0. The SMILES string of the molecule is Cc1cccc(C)c1C=CCN=[N+]=[N-]. The molecular formula is C11H13N3. The smallest absolute Gasteiger partial charge is 0.0443 e. The van der Waals surface area contributed by atoms with Crippen molar-refractivity contribution in [1.82, 2.24) is 0 Å². The second-order valence-corrected chi connectivity index (χ2v) is 3.12. The summed E-state index contributed by atoms with van der Waals surface area (Å²) in [6, 6.07) is 6.18. The van der Waals surface area contributed by atoms with E-state index in [9.17, 15) is 0 Å². The van der Waals surface area contributed by atoms with E-state index in [1.54, 1.807) is 0 Å². The van der Waals surface area contributed by atoms with Crippen molar-refractivity contribution in [2.75, 3.05) is 6.54 Å². The summed E-state index contributed by atoms with van der Waals surface area (Å²) in [5, 5.41) is 3.44. The van der Waals surface area contributed by atoms with Crippen LogP contribution in [0.15, 0.2) is 29.4 Å². The molecule has 0 bridgehead atoms. The lowest BCUT2D eigenvalue weighted by Gasteiger charge is -2.03. The van der Waals surface area contributed by atoms with Crippen molar-refractivity contribution in [3.63, 3.8) is 0 Å². The minimum absolute atomic E-state index is 0.407. The highest BCUT2D eigenvalue weighted by atomic mass is 15.1. The standard InChI is InChI=1S/C11H13N3/c1-9-5-3-6-10(2)11(9)7-4-8-13-14-12/h3-7H,8H2,1-2H3. The maximum atomic E-state index is 8.10. The third kappa shape index (κ3) is 2.64. The number of hydrogen-bond acceptors (Lipinski definition) is 1. The lowest BCUT2D eigenvalue weighted by Crippen LogP contribution is -1.85. The summed E-state index contributed by atoms with van der Waals surface area (Å²) in [4.78, 5) is 2.69. The molecule has 1 aromatic rings. The van der Waals surface area contributed by atoms with E-state index in [0.717, 1.165) is 0 Å². The van der Waals surface area contributed by atoms with Gasteiger partial charge in [-0.1, -0.05) is 35.5 Å². The van der Waals surface area contributed by atoms with Crippen molar-refractivity contribution in [2.24, 2.45) is 5.11 Å². The zero-order chi connectivity index (χ0) is 10.4. The Morgan fingerprint density at radius 1 is 1.36 bits per heavy atom. The molecule has 0 radical (unpaired) electrons. The van der Waals surface area contributed by atoms with Crippen LogP contribution in [0, 0.1) is 13.8 Å². The minimum Gasteiger partial charge on any atom is -0.0899 e. The van der Waals surface area contributed by atoms with E-state index in [2.05, 4.69) is 36.0 Å². The van der Waals surface area contributed by atoms with E-state index in [-0.39, 0.29) is 0 Å². The number of benzene rings is 1. The number of nitrogens with zero attached hydrogens (tertiary/aromatic N) is 3. The molecule has 0 spiro atoms. The van der Waals surface area contributed by atoms with Gasteiger partial charge in [-0.25, -0.2) is 0 Å². The predicted octanol–water partition coefficient (Wildman–Crippen LogP) is 3.63. The topological polar surface area (TPSA) is 48.8 Å². The molecule has 0 aliphatic heterocycles. The molecule has 1 aromatic carbocycles. The van der Waals surface area contributed by atoms with E-state index in [4.69, 9.17) is 5.53 Å². The summed E-state index contributed by atoms with van der Waals surface area (Å²) in [5.74, 6) is 0. The van der Waals surface area contributed by atoms with Gasteiger partial charge in [-0.3, -0.25) is 0 Å². The van der Waals surface area contributed by atoms with Gasteiger partial charge in [0.2, 0.25) is 0 Å². The van der Waals surface area contributed by atoms with Crippen molar-refractivity contribution in [1.29, 1.82) is 0 Å². The first kappa shape index (κ1) is 10.4. The average Bonchev–Trinajstić information content (AvgIpc) is 2.16. The van der Waals surface area contributed by atoms with Gasteiger partial charge in [-0.15, -0.1) is 0 Å². The van der Waals surface area contributed by atoms with Crippen LogP contribution in [-0.2, 0) is 0 Å². The Kier molecular flexibility index (Phi) is 3.77. The van der Waals surface area contributed by atoms with Gasteiger partial charge in [0.15, 0.2) is 0 Å². The average molecular weight is 187 g/mol. The zero-order valence-corrected chi connectivity index (χ0v) is 8.44. The largest absolute Gasteiger partial charge is 0.0899 e. The van der Waals surface area contributed by atoms with Gasteiger partial charge in [0, 0.05) is 11.5 Å². The number of rotatable bonds is 3. The second-order valence-electron chi connectivity index (χ2n) is 3.12. The van der Waals surface area contributed by atoms with Crippen LogP contribution < -0.4 is 0 Å². The Morgan fingerprint density at radius 3 is 2.57 bits per heavy atom. The van der Waals surface area contributed by atoms with Crippen LogP contribution in [-0.4, -0.2) is 6.54 Å². The minimum atomic E-state index is 0.407. The van der Waals surface area contributed by atoms with Gasteiger partial charge in [-0.05, 0) is 36.1 Å². The maximum absolute atomic E-state index is 8.10. The molecule has 3 nitrogen and oxygen atoms in total. The van der Waals surface area contributed by atoms with E-state index in [1.165, 1.54) is 16.7 Å². The first-order valence-electron chi connectivity index (χ1n) is 4.49. The highest BCUT2D eigenvalue weighted by Gasteiger charge is 1.95. The molecule has 3 heteroatoms. The van der Waals surface area contributed by atoms with Crippen LogP contribution in [0.1, 0.15) is 16.7 Å². The van der Waals surface area contributed by atoms with Crippen LogP contribution in [0.3, 0.4) is 0 Å². The number of azide groups is 1. The van der Waals surface area contributed by atoms with Gasteiger partial charge in [0.05, 0.1) is 0 Å². The summed E-state index contributed by atoms with van der Waals surface area (Å²) >= 11 is 0. The van der Waals surface area contributed by atoms with Gasteiger partial charge in [-0.2, -0.15) is 0 Å². The van der Waals surface area contributed by atoms with Crippen molar-refractivity contribution >= 4 is 6.08 Å². The fourth-order valence-electron chi connectivity index (χ4n) is 1.34. The van der Waals surface area contributed by atoms with Crippen molar-refractivity contribution in [3.05, 3.63) is 51.4 Å². The molecule has 0 unspecified atom stereocenters. The molecule has 72 valence electrons. The third-order valence-corrected chi connectivity index (χ3v) is 2.08. The molecule has 0 saturated heterocycles. The molecule has 0 aliphatic carbocycles. The Morgan fingerprint density at radius 2 is 2.00 bits per heavy atom. The second kappa shape index (κ2) is 5.10. The van der Waals surface area contributed by atoms with Gasteiger partial charge < -0.3 is 0 Å². The fourth-order valence-corrected chi connectivity index (χ4v) is 1.34. The maximum Gasteiger partial charge on any atom is 0.0443 e. The predicted molar refractivity (Wildman–Crippen MR) is 59.0 cm³/mol. The van der Waals surface area contributed by atoms with E-state index in [0.29, 0.717) is 6.54 Å². The molecule has 14 heavy (non-hydrogen) atoms. The van der Waals surface area contributed by atoms with E-state index >= 15 is 0 Å². The third-order valence-electron chi connectivity index (χ3n) is 2.08. The summed E-state index contributed by atoms with van der Waals surface area (Å²) in [7, 11) is 0. The molecule has 0 saturated carbocycles. The zero-order valence-electron chi connectivity index (χ0n) is 8.44. The summed E-state index contributed by atoms with van der Waals surface area (Å²) in [5.41, 5.74) is 11.8. The Bertz CT molecular complexity index is 367. The molecule has 0 amide bonds. The monoisotopic (exact) mass is 187 g/mol. The highest BCUT2D eigenvalue weighted by molar-refractivity contribution is 5.57. The van der Waals surface area contributed by atoms with Gasteiger partial charge in [0.25, 0.3) is 0 Å². The lowest BCUT2D eigenvalue weighted by molar-refractivity contribution is 1.22. The van der Waals surface area contributed by atoms with Crippen molar-refractivity contribution in [2.45, 2.75) is 13.8 Å². The van der Waals surface area contributed by atoms with Crippen molar-refractivity contribution < 1.29 is 0 Å². The van der Waals surface area contributed by atoms with Crippen LogP contribution in [0.2, 0.25) is 0 Å². The molecule has 0 aromatic heterocycles. The van der Waals surface area contributed by atoms with Crippen LogP contribution >= 0.6 is 0 Å². The van der Waals surface area contributed by atoms with E-state index in [1.807, 2.05) is 18.2 Å². The highest BCUT2D eigenvalue weighted by Crippen LogP contribution is 2.14. The van der Waals surface area contributed by atoms with Crippen LogP contribution in [0.25, 0.3) is 16.5 Å². The molecule has 0 fully saturated rings. The number of aryl methyl sites for hydroxylation is 2. The quantitative estimate of drug-likeness (QED) is 0.394. The Balaban J connectivity index is 2.85. The normalized spacial score (nSPS) is 10.1. The Labute approximate surface area is 83.7 Å². The summed E-state index contributed by atoms with van der Waals surface area (Å²) < 4.78 is 0. The molecular weight excluding hydrogens is 174 g/mol. The fraction of sp³-hybridized carbons (Fsp3) is 0.273. The van der Waals surface area contributed by atoms with Crippen LogP contribution in [0.4, 0.5) is 0 Å². The molecule has 0 heterocycles. The molecule has 0 aliphatic rings. The first-order chi connectivity index (χ1) is 6.75. The number of hydrogen-bond donors (Lipinski definition) is 0. The Hall–Kier alpha value is -1.73. The van der Waals surface area contributed by atoms with Crippen LogP contribution in [0.5, 0.6) is 0 Å². The molecule has 1 rings (SSSR count). The first-order valence-corrected chi connectivity index (χ1v) is 4.49. The summed E-state index contributed by atoms with van der Waals surface area (Å²) in [6.07, 6.45) is 3.87. The molecule has 0 atom stereocenters. The van der Waals surface area contributed by atoms with Crippen molar-refractivity contribution in [3.8, 4) is 0 Å². The van der Waals surface area contributed by atoms with E-state index < -0.39 is 0 Å². The van der Waals surface area contributed by atoms with Gasteiger partial charge in [0.1, 0.15) is 0 Å². The summed E-state index contributed by atoms with van der Waals surface area (Å²) in [6.45, 7) is 4.55. The van der Waals surface area contributed by atoms with Gasteiger partial charge >= 0.3 is 0 Å². The molecule has 0 N–H and O–H groups in total.